The smallest absolute Gasteiger partial charge is 0.244 e. The van der Waals surface area contributed by atoms with Gasteiger partial charge in [-0.25, -0.2) is 0 Å². The van der Waals surface area contributed by atoms with E-state index in [0.29, 0.717) is 13.2 Å². The third-order valence-electron chi connectivity index (χ3n) is 3.56. The van der Waals surface area contributed by atoms with Crippen molar-refractivity contribution in [3.63, 3.8) is 0 Å². The number of carbonyl (C=O) groups is 1. The minimum absolute atomic E-state index is 0. The van der Waals surface area contributed by atoms with E-state index in [1.807, 2.05) is 25.1 Å². The van der Waals surface area contributed by atoms with E-state index >= 15 is 0 Å². The van der Waals surface area contributed by atoms with Crippen molar-refractivity contribution in [2.24, 2.45) is 0 Å². The van der Waals surface area contributed by atoms with Gasteiger partial charge < -0.3 is 20.1 Å². The van der Waals surface area contributed by atoms with Crippen LogP contribution < -0.4 is 15.4 Å². The summed E-state index contributed by atoms with van der Waals surface area (Å²) in [6.45, 7) is 4.00. The van der Waals surface area contributed by atoms with Crippen LogP contribution in [0.1, 0.15) is 12.5 Å². The Bertz CT molecular complexity index is 495. The zero-order valence-corrected chi connectivity index (χ0v) is 12.2. The van der Waals surface area contributed by atoms with Gasteiger partial charge in [-0.3, -0.25) is 4.79 Å². The minimum atomic E-state index is -0.293. The Morgan fingerprint density at radius 2 is 2.25 bits per heavy atom. The Hall–Kier alpha value is -1.30. The molecule has 6 heteroatoms. The molecule has 2 aliphatic heterocycles. The van der Waals surface area contributed by atoms with E-state index in [-0.39, 0.29) is 30.5 Å². The van der Waals surface area contributed by atoms with Gasteiger partial charge in [-0.05, 0) is 30.7 Å². The van der Waals surface area contributed by atoms with Crippen LogP contribution in [0, 0.1) is 0 Å². The topological polar surface area (TPSA) is 59.6 Å². The van der Waals surface area contributed by atoms with E-state index in [2.05, 4.69) is 10.6 Å². The van der Waals surface area contributed by atoms with Crippen molar-refractivity contribution in [1.82, 2.24) is 5.32 Å². The molecule has 110 valence electrons. The fraction of sp³-hybridized carbons (Fsp3) is 0.500. The maximum absolute atomic E-state index is 12.2. The minimum Gasteiger partial charge on any atom is -0.493 e. The number of hydrogen-bond acceptors (Lipinski definition) is 4. The van der Waals surface area contributed by atoms with Crippen molar-refractivity contribution in [3.8, 4) is 5.75 Å². The molecule has 3 rings (SSSR count). The Labute approximate surface area is 124 Å². The first-order chi connectivity index (χ1) is 9.24. The van der Waals surface area contributed by atoms with E-state index in [9.17, 15) is 4.79 Å². The number of fused-ring (bicyclic) bond motifs is 1. The summed E-state index contributed by atoms with van der Waals surface area (Å²) in [6, 6.07) is 5.47. The van der Waals surface area contributed by atoms with Crippen molar-refractivity contribution in [1.29, 1.82) is 0 Å². The average molecular weight is 299 g/mol. The molecule has 1 aromatic carbocycles. The summed E-state index contributed by atoms with van der Waals surface area (Å²) in [7, 11) is 0. The summed E-state index contributed by atoms with van der Waals surface area (Å²) in [5, 5.41) is 6.11. The van der Waals surface area contributed by atoms with Crippen LogP contribution in [0.15, 0.2) is 18.2 Å². The molecule has 0 unspecified atom stereocenters. The fourth-order valence-electron chi connectivity index (χ4n) is 2.51. The molecule has 20 heavy (non-hydrogen) atoms. The number of benzene rings is 1. The molecule has 1 fully saturated rings. The Kier molecular flexibility index (Phi) is 4.86. The van der Waals surface area contributed by atoms with Crippen LogP contribution in [0.25, 0.3) is 0 Å². The predicted molar refractivity (Wildman–Crippen MR) is 78.7 cm³/mol. The van der Waals surface area contributed by atoms with Gasteiger partial charge in [0.15, 0.2) is 0 Å². The van der Waals surface area contributed by atoms with Gasteiger partial charge in [-0.1, -0.05) is 0 Å². The quantitative estimate of drug-likeness (QED) is 0.865. The summed E-state index contributed by atoms with van der Waals surface area (Å²) in [5.74, 6) is 0.872. The fourth-order valence-corrected chi connectivity index (χ4v) is 2.51. The SMILES string of the molecule is C[C@H]1OCCN[C@@H]1C(=O)Nc1ccc2c(c1)CCO2.Cl. The van der Waals surface area contributed by atoms with Gasteiger partial charge in [0.25, 0.3) is 0 Å². The van der Waals surface area contributed by atoms with Crippen LogP contribution in [0.4, 0.5) is 5.69 Å². The summed E-state index contributed by atoms with van der Waals surface area (Å²) in [5.41, 5.74) is 1.97. The summed E-state index contributed by atoms with van der Waals surface area (Å²) >= 11 is 0. The van der Waals surface area contributed by atoms with Crippen molar-refractivity contribution in [2.75, 3.05) is 25.1 Å². The molecule has 0 radical (unpaired) electrons. The van der Waals surface area contributed by atoms with Crippen LogP contribution in [0.5, 0.6) is 5.75 Å². The van der Waals surface area contributed by atoms with Gasteiger partial charge in [-0.15, -0.1) is 12.4 Å². The van der Waals surface area contributed by atoms with E-state index in [1.165, 1.54) is 0 Å². The van der Waals surface area contributed by atoms with Gasteiger partial charge in [-0.2, -0.15) is 0 Å². The van der Waals surface area contributed by atoms with Crippen molar-refractivity contribution in [3.05, 3.63) is 23.8 Å². The first-order valence-corrected chi connectivity index (χ1v) is 6.65. The average Bonchev–Trinajstić information content (AvgIpc) is 2.86. The van der Waals surface area contributed by atoms with E-state index in [1.54, 1.807) is 0 Å². The number of halogens is 1. The second-order valence-corrected chi connectivity index (χ2v) is 4.92. The lowest BCUT2D eigenvalue weighted by Crippen LogP contribution is -2.53. The second-order valence-electron chi connectivity index (χ2n) is 4.92. The molecule has 1 saturated heterocycles. The maximum atomic E-state index is 12.2. The highest BCUT2D eigenvalue weighted by Crippen LogP contribution is 2.27. The largest absolute Gasteiger partial charge is 0.493 e. The van der Waals surface area contributed by atoms with E-state index < -0.39 is 0 Å². The standard InChI is InChI=1S/C14H18N2O3.ClH/c1-9-13(15-5-7-18-9)14(17)16-11-2-3-12-10(8-11)4-6-19-12;/h2-3,8-9,13,15H,4-7H2,1H3,(H,16,17);1H/t9-,13+;/m1./s1. The summed E-state index contributed by atoms with van der Waals surface area (Å²) < 4.78 is 10.9. The number of rotatable bonds is 2. The lowest BCUT2D eigenvalue weighted by Gasteiger charge is -2.29. The summed E-state index contributed by atoms with van der Waals surface area (Å²) in [4.78, 5) is 12.2. The molecular formula is C14H19ClN2O3. The molecule has 0 aromatic heterocycles. The van der Waals surface area contributed by atoms with Gasteiger partial charge in [0.2, 0.25) is 5.91 Å². The molecule has 2 heterocycles. The normalized spacial score (nSPS) is 24.2. The van der Waals surface area contributed by atoms with Crippen LogP contribution in [-0.2, 0) is 16.0 Å². The van der Waals surface area contributed by atoms with Crippen LogP contribution in [0.2, 0.25) is 0 Å². The first kappa shape index (κ1) is 15.1. The van der Waals surface area contributed by atoms with Crippen LogP contribution in [0.3, 0.4) is 0 Å². The lowest BCUT2D eigenvalue weighted by atomic mass is 10.1. The zero-order valence-electron chi connectivity index (χ0n) is 11.3. The third-order valence-corrected chi connectivity index (χ3v) is 3.56. The van der Waals surface area contributed by atoms with Crippen molar-refractivity contribution >= 4 is 24.0 Å². The molecule has 1 amide bonds. The molecule has 1 aromatic rings. The number of hydrogen-bond donors (Lipinski definition) is 2. The molecule has 5 nitrogen and oxygen atoms in total. The number of carbonyl (C=O) groups excluding carboxylic acids is 1. The van der Waals surface area contributed by atoms with Gasteiger partial charge in [0, 0.05) is 18.7 Å². The number of amides is 1. The van der Waals surface area contributed by atoms with E-state index in [4.69, 9.17) is 9.47 Å². The molecule has 2 N–H and O–H groups in total. The molecule has 0 aliphatic carbocycles. The van der Waals surface area contributed by atoms with Crippen molar-refractivity contribution in [2.45, 2.75) is 25.5 Å². The van der Waals surface area contributed by atoms with Gasteiger partial charge in [0.05, 0.1) is 19.3 Å². The second kappa shape index (κ2) is 6.43. The highest BCUT2D eigenvalue weighted by Gasteiger charge is 2.28. The predicted octanol–water partition coefficient (Wildman–Crippen LogP) is 1.36. The Balaban J connectivity index is 0.00000147. The third kappa shape index (κ3) is 3.06. The van der Waals surface area contributed by atoms with Gasteiger partial charge in [0.1, 0.15) is 11.8 Å². The van der Waals surface area contributed by atoms with Gasteiger partial charge >= 0.3 is 0 Å². The molecular weight excluding hydrogens is 280 g/mol. The van der Waals surface area contributed by atoms with Crippen LogP contribution >= 0.6 is 12.4 Å². The molecule has 0 spiro atoms. The molecule has 0 saturated carbocycles. The Morgan fingerprint density at radius 1 is 1.40 bits per heavy atom. The number of anilines is 1. The van der Waals surface area contributed by atoms with Crippen molar-refractivity contribution < 1.29 is 14.3 Å². The Morgan fingerprint density at radius 3 is 3.05 bits per heavy atom. The first-order valence-electron chi connectivity index (χ1n) is 6.65. The highest BCUT2D eigenvalue weighted by molar-refractivity contribution is 5.95. The lowest BCUT2D eigenvalue weighted by molar-refractivity contribution is -0.123. The highest BCUT2D eigenvalue weighted by atomic mass is 35.5. The maximum Gasteiger partial charge on any atom is 0.244 e. The number of morpholine rings is 1. The summed E-state index contributed by atoms with van der Waals surface area (Å²) in [6.07, 6.45) is 0.798. The van der Waals surface area contributed by atoms with Crippen LogP contribution in [-0.4, -0.2) is 37.8 Å². The molecule has 2 aliphatic rings. The molecule has 0 bridgehead atoms. The molecule has 2 atom stereocenters. The van der Waals surface area contributed by atoms with E-state index in [0.717, 1.165) is 30.0 Å². The number of ether oxygens (including phenoxy) is 2. The number of nitrogens with one attached hydrogen (secondary N) is 2. The zero-order chi connectivity index (χ0) is 13.2. The monoisotopic (exact) mass is 298 g/mol.